The molecule has 0 bridgehead atoms. The summed E-state index contributed by atoms with van der Waals surface area (Å²) in [6.07, 6.45) is 5.36. The predicted octanol–water partition coefficient (Wildman–Crippen LogP) is 0.738. The van der Waals surface area contributed by atoms with Gasteiger partial charge in [-0.05, 0) is 19.4 Å². The van der Waals surface area contributed by atoms with Crippen LogP contribution >= 0.6 is 0 Å². The highest BCUT2D eigenvalue weighted by molar-refractivity contribution is 5.22. The van der Waals surface area contributed by atoms with Gasteiger partial charge in [0.05, 0.1) is 6.61 Å². The predicted molar refractivity (Wildman–Crippen MR) is 52.0 cm³/mol. The Morgan fingerprint density at radius 1 is 1.31 bits per heavy atom. The van der Waals surface area contributed by atoms with Gasteiger partial charge in [-0.2, -0.15) is 0 Å². The maximum absolute atomic E-state index is 8.69. The fourth-order valence-corrected chi connectivity index (χ4v) is 0.650. The van der Waals surface area contributed by atoms with E-state index in [0.717, 1.165) is 5.57 Å². The van der Waals surface area contributed by atoms with E-state index in [1.807, 2.05) is 6.92 Å². The first-order valence-electron chi connectivity index (χ1n) is 4.06. The lowest BCUT2D eigenvalue weighted by molar-refractivity contribution is -0.00760. The van der Waals surface area contributed by atoms with Crippen molar-refractivity contribution < 1.29 is 15.3 Å². The Balaban J connectivity index is 4.14. The smallest absolute Gasteiger partial charge is 0.174 e. The van der Waals surface area contributed by atoms with Gasteiger partial charge in [0.1, 0.15) is 0 Å². The summed E-state index contributed by atoms with van der Waals surface area (Å²) >= 11 is 0. The van der Waals surface area contributed by atoms with Gasteiger partial charge in [0.2, 0.25) is 0 Å². The van der Waals surface area contributed by atoms with Gasteiger partial charge < -0.3 is 15.3 Å². The molecular formula is C10H16O3. The number of aliphatic hydroxyl groups is 3. The van der Waals surface area contributed by atoms with Crippen molar-refractivity contribution in [1.29, 1.82) is 0 Å². The lowest BCUT2D eigenvalue weighted by Crippen LogP contribution is -2.04. The van der Waals surface area contributed by atoms with Crippen LogP contribution in [-0.2, 0) is 0 Å². The first-order chi connectivity index (χ1) is 6.07. The van der Waals surface area contributed by atoms with Gasteiger partial charge in [-0.1, -0.05) is 29.9 Å². The Kier molecular flexibility index (Phi) is 6.14. The molecule has 0 rings (SSSR count). The van der Waals surface area contributed by atoms with Crippen LogP contribution in [0, 0.1) is 0 Å². The summed E-state index contributed by atoms with van der Waals surface area (Å²) in [6, 6.07) is 0. The average molecular weight is 184 g/mol. The molecule has 0 aromatic rings. The quantitative estimate of drug-likeness (QED) is 0.446. The number of hydrogen-bond acceptors (Lipinski definition) is 3. The monoisotopic (exact) mass is 184 g/mol. The standard InChI is InChI=1S/C10H16O3/c1-8(6-7-11)4-3-5-9(2)10(12)13/h3-6,10-13H,7H2,1-2H3. The van der Waals surface area contributed by atoms with Crippen molar-refractivity contribution in [3.63, 3.8) is 0 Å². The van der Waals surface area contributed by atoms with Crippen molar-refractivity contribution in [3.8, 4) is 0 Å². The zero-order valence-corrected chi connectivity index (χ0v) is 7.94. The van der Waals surface area contributed by atoms with Crippen LogP contribution < -0.4 is 0 Å². The normalized spacial score (nSPS) is 14.6. The minimum absolute atomic E-state index is 0.0154. The lowest BCUT2D eigenvalue weighted by Gasteiger charge is -1.99. The molecule has 0 saturated heterocycles. The summed E-state index contributed by atoms with van der Waals surface area (Å²) in [4.78, 5) is 0. The van der Waals surface area contributed by atoms with E-state index in [-0.39, 0.29) is 6.61 Å². The van der Waals surface area contributed by atoms with Crippen molar-refractivity contribution in [2.45, 2.75) is 20.1 Å². The van der Waals surface area contributed by atoms with Gasteiger partial charge >= 0.3 is 0 Å². The molecular weight excluding hydrogens is 168 g/mol. The Morgan fingerprint density at radius 2 is 1.92 bits per heavy atom. The Labute approximate surface area is 78.3 Å². The Morgan fingerprint density at radius 3 is 2.38 bits per heavy atom. The van der Waals surface area contributed by atoms with Crippen LogP contribution in [0.2, 0.25) is 0 Å². The molecule has 0 amide bonds. The maximum atomic E-state index is 8.69. The molecule has 0 aliphatic carbocycles. The second-order valence-corrected chi connectivity index (χ2v) is 2.77. The van der Waals surface area contributed by atoms with Gasteiger partial charge in [-0.15, -0.1) is 0 Å². The Bertz CT molecular complexity index is 224. The van der Waals surface area contributed by atoms with Crippen LogP contribution in [0.4, 0.5) is 0 Å². The first-order valence-corrected chi connectivity index (χ1v) is 4.06. The van der Waals surface area contributed by atoms with Crippen LogP contribution in [0.1, 0.15) is 13.8 Å². The summed E-state index contributed by atoms with van der Waals surface area (Å²) in [5.41, 5.74) is 1.41. The third kappa shape index (κ3) is 6.28. The third-order valence-electron chi connectivity index (χ3n) is 1.54. The van der Waals surface area contributed by atoms with E-state index in [2.05, 4.69) is 0 Å². The van der Waals surface area contributed by atoms with Crippen LogP contribution in [0.25, 0.3) is 0 Å². The topological polar surface area (TPSA) is 60.7 Å². The molecule has 0 spiro atoms. The average Bonchev–Trinajstić information content (AvgIpc) is 2.04. The summed E-state index contributed by atoms with van der Waals surface area (Å²) in [5.74, 6) is 0. The molecule has 0 radical (unpaired) electrons. The number of rotatable bonds is 4. The summed E-state index contributed by atoms with van der Waals surface area (Å²) < 4.78 is 0. The molecule has 3 nitrogen and oxygen atoms in total. The fourth-order valence-electron chi connectivity index (χ4n) is 0.650. The van der Waals surface area contributed by atoms with E-state index >= 15 is 0 Å². The van der Waals surface area contributed by atoms with E-state index in [9.17, 15) is 0 Å². The molecule has 0 aromatic heterocycles. The highest BCUT2D eigenvalue weighted by atomic mass is 16.5. The molecule has 3 heteroatoms. The molecule has 3 N–H and O–H groups in total. The molecule has 74 valence electrons. The fraction of sp³-hybridized carbons (Fsp3) is 0.400. The van der Waals surface area contributed by atoms with Crippen LogP contribution in [0.15, 0.2) is 35.5 Å². The molecule has 0 atom stereocenters. The van der Waals surface area contributed by atoms with Gasteiger partial charge in [-0.25, -0.2) is 0 Å². The van der Waals surface area contributed by atoms with Gasteiger partial charge in [-0.3, -0.25) is 0 Å². The van der Waals surface area contributed by atoms with E-state index in [1.165, 1.54) is 0 Å². The Hall–Kier alpha value is -0.900. The second kappa shape index (κ2) is 6.60. The summed E-state index contributed by atoms with van der Waals surface area (Å²) in [5, 5.41) is 25.9. The lowest BCUT2D eigenvalue weighted by atomic mass is 10.2. The largest absolute Gasteiger partial charge is 0.392 e. The van der Waals surface area contributed by atoms with Crippen LogP contribution in [0.5, 0.6) is 0 Å². The van der Waals surface area contributed by atoms with Gasteiger partial charge in [0.25, 0.3) is 0 Å². The highest BCUT2D eigenvalue weighted by Gasteiger charge is 1.95. The molecule has 0 aromatic carbocycles. The number of aliphatic hydroxyl groups excluding tert-OH is 2. The molecule has 0 unspecified atom stereocenters. The number of hydrogen-bond donors (Lipinski definition) is 3. The SMILES string of the molecule is CC(C=CC=C(C)C(O)O)=CCO. The summed E-state index contributed by atoms with van der Waals surface area (Å²) in [6.45, 7) is 3.49. The molecule has 13 heavy (non-hydrogen) atoms. The van der Waals surface area contributed by atoms with Crippen molar-refractivity contribution >= 4 is 0 Å². The van der Waals surface area contributed by atoms with Gasteiger partial charge in [0, 0.05) is 0 Å². The zero-order chi connectivity index (χ0) is 10.3. The van der Waals surface area contributed by atoms with Crippen molar-refractivity contribution in [2.24, 2.45) is 0 Å². The molecule has 0 aliphatic rings. The highest BCUT2D eigenvalue weighted by Crippen LogP contribution is 1.99. The van der Waals surface area contributed by atoms with E-state index in [4.69, 9.17) is 15.3 Å². The maximum Gasteiger partial charge on any atom is 0.174 e. The minimum Gasteiger partial charge on any atom is -0.392 e. The van der Waals surface area contributed by atoms with Crippen molar-refractivity contribution in [2.75, 3.05) is 6.61 Å². The van der Waals surface area contributed by atoms with E-state index in [1.54, 1.807) is 31.2 Å². The third-order valence-corrected chi connectivity index (χ3v) is 1.54. The van der Waals surface area contributed by atoms with Gasteiger partial charge in [0.15, 0.2) is 6.29 Å². The zero-order valence-electron chi connectivity index (χ0n) is 7.94. The van der Waals surface area contributed by atoms with Crippen molar-refractivity contribution in [3.05, 3.63) is 35.5 Å². The molecule has 0 saturated carbocycles. The molecule has 0 heterocycles. The minimum atomic E-state index is -1.40. The van der Waals surface area contributed by atoms with Crippen LogP contribution in [0.3, 0.4) is 0 Å². The molecule has 0 aliphatic heterocycles. The van der Waals surface area contributed by atoms with Crippen molar-refractivity contribution in [1.82, 2.24) is 0 Å². The molecule has 0 fully saturated rings. The summed E-state index contributed by atoms with van der Waals surface area (Å²) in [7, 11) is 0. The first kappa shape index (κ1) is 12.1. The van der Waals surface area contributed by atoms with E-state index in [0.29, 0.717) is 5.57 Å². The number of allylic oxidation sites excluding steroid dienone is 4. The second-order valence-electron chi connectivity index (χ2n) is 2.77. The van der Waals surface area contributed by atoms with E-state index < -0.39 is 6.29 Å². The van der Waals surface area contributed by atoms with Crippen LogP contribution in [-0.4, -0.2) is 28.2 Å².